The Balaban J connectivity index is 1.11. The van der Waals surface area contributed by atoms with Crippen LogP contribution in [0.4, 0.5) is 4.79 Å². The highest BCUT2D eigenvalue weighted by Gasteiger charge is 2.45. The smallest absolute Gasteiger partial charge is 0.320 e. The number of carbonyl (C=O) groups excluding carboxylic acids is 3. The van der Waals surface area contributed by atoms with Crippen molar-refractivity contribution in [2.24, 2.45) is 11.8 Å². The summed E-state index contributed by atoms with van der Waals surface area (Å²) < 4.78 is 0. The van der Waals surface area contributed by atoms with E-state index in [9.17, 15) is 14.4 Å². The lowest BCUT2D eigenvalue weighted by Crippen LogP contribution is -2.62. The van der Waals surface area contributed by atoms with Gasteiger partial charge in [-0.15, -0.1) is 0 Å². The molecule has 3 atom stereocenters. The van der Waals surface area contributed by atoms with Crippen molar-refractivity contribution in [3.63, 3.8) is 0 Å². The van der Waals surface area contributed by atoms with E-state index in [0.29, 0.717) is 49.7 Å². The van der Waals surface area contributed by atoms with Gasteiger partial charge in [0.15, 0.2) is 0 Å². The molecule has 0 saturated carbocycles. The highest BCUT2D eigenvalue weighted by Crippen LogP contribution is 2.38. The van der Waals surface area contributed by atoms with E-state index in [4.69, 9.17) is 0 Å². The molecule has 1 aromatic rings. The fraction of sp³-hybridized carbons (Fsp3) is 0.640. The number of nitrogens with zero attached hydrogens (tertiary/aromatic N) is 3. The molecule has 2 unspecified atom stereocenters. The van der Waals surface area contributed by atoms with Gasteiger partial charge in [-0.25, -0.2) is 4.79 Å². The van der Waals surface area contributed by atoms with Crippen molar-refractivity contribution in [3.05, 3.63) is 35.9 Å². The average molecular weight is 439 g/mol. The van der Waals surface area contributed by atoms with Crippen molar-refractivity contribution in [3.8, 4) is 0 Å². The van der Waals surface area contributed by atoms with Crippen LogP contribution in [0.1, 0.15) is 44.1 Å². The molecule has 0 spiro atoms. The van der Waals surface area contributed by atoms with Gasteiger partial charge in [-0.2, -0.15) is 0 Å². The van der Waals surface area contributed by atoms with Gasteiger partial charge in [0.1, 0.15) is 0 Å². The second-order valence-corrected chi connectivity index (χ2v) is 10.0. The minimum Gasteiger partial charge on any atom is -0.353 e. The van der Waals surface area contributed by atoms with Crippen molar-refractivity contribution in [2.45, 2.75) is 57.0 Å². The monoisotopic (exact) mass is 438 g/mol. The molecule has 7 nitrogen and oxygen atoms in total. The second kappa shape index (κ2) is 9.12. The minimum atomic E-state index is 0.0522. The Bertz CT molecular complexity index is 852. The zero-order chi connectivity index (χ0) is 22.1. The number of nitrogens with one attached hydrogen (secondary N) is 1. The molecule has 5 rings (SSSR count). The van der Waals surface area contributed by atoms with Crippen molar-refractivity contribution in [2.75, 3.05) is 32.7 Å². The lowest BCUT2D eigenvalue weighted by atomic mass is 9.76. The summed E-state index contributed by atoms with van der Waals surface area (Å²) in [5.74, 6) is 1.19. The van der Waals surface area contributed by atoms with Gasteiger partial charge in [0.25, 0.3) is 0 Å². The van der Waals surface area contributed by atoms with E-state index in [0.717, 1.165) is 57.3 Å². The molecule has 0 radical (unpaired) electrons. The zero-order valence-corrected chi connectivity index (χ0v) is 18.7. The number of amides is 4. The Morgan fingerprint density at radius 3 is 2.53 bits per heavy atom. The molecule has 0 aromatic heterocycles. The fourth-order valence-electron chi connectivity index (χ4n) is 6.24. The van der Waals surface area contributed by atoms with Gasteiger partial charge in [0.2, 0.25) is 11.8 Å². The van der Waals surface area contributed by atoms with Gasteiger partial charge in [0.05, 0.1) is 6.42 Å². The Kier molecular flexibility index (Phi) is 6.07. The number of hydrogen-bond donors (Lipinski definition) is 1. The van der Waals surface area contributed by atoms with Crippen LogP contribution in [0.2, 0.25) is 0 Å². The van der Waals surface area contributed by atoms with Gasteiger partial charge in [-0.1, -0.05) is 30.3 Å². The molecule has 32 heavy (non-hydrogen) atoms. The number of likely N-dealkylation sites (tertiary alicyclic amines) is 2. The van der Waals surface area contributed by atoms with Gasteiger partial charge in [-0.05, 0) is 49.5 Å². The van der Waals surface area contributed by atoms with E-state index in [1.807, 2.05) is 40.1 Å². The maximum Gasteiger partial charge on any atom is 0.320 e. The van der Waals surface area contributed by atoms with E-state index < -0.39 is 0 Å². The Morgan fingerprint density at radius 2 is 1.75 bits per heavy atom. The van der Waals surface area contributed by atoms with Crippen molar-refractivity contribution >= 4 is 17.8 Å². The van der Waals surface area contributed by atoms with Crippen LogP contribution in [0.3, 0.4) is 0 Å². The van der Waals surface area contributed by atoms with Crippen LogP contribution in [0.25, 0.3) is 0 Å². The fourth-order valence-corrected chi connectivity index (χ4v) is 6.24. The molecule has 4 fully saturated rings. The summed E-state index contributed by atoms with van der Waals surface area (Å²) >= 11 is 0. The third-order valence-electron chi connectivity index (χ3n) is 7.79. The van der Waals surface area contributed by atoms with Crippen molar-refractivity contribution < 1.29 is 14.4 Å². The first-order valence-corrected chi connectivity index (χ1v) is 12.2. The number of hydrogen-bond acceptors (Lipinski definition) is 3. The first-order chi connectivity index (χ1) is 15.6. The lowest BCUT2D eigenvalue weighted by molar-refractivity contribution is -0.144. The molecule has 4 aliphatic heterocycles. The van der Waals surface area contributed by atoms with E-state index in [1.54, 1.807) is 0 Å². The molecule has 1 N–H and O–H groups in total. The highest BCUT2D eigenvalue weighted by molar-refractivity contribution is 5.79. The van der Waals surface area contributed by atoms with Crippen LogP contribution in [-0.2, 0) is 16.0 Å². The maximum absolute atomic E-state index is 13.3. The maximum atomic E-state index is 13.3. The van der Waals surface area contributed by atoms with Gasteiger partial charge < -0.3 is 20.0 Å². The summed E-state index contributed by atoms with van der Waals surface area (Å²) in [5, 5.41) is 3.15. The normalized spacial score (nSPS) is 28.3. The summed E-state index contributed by atoms with van der Waals surface area (Å²) in [4.78, 5) is 44.1. The number of rotatable bonds is 3. The lowest BCUT2D eigenvalue weighted by Gasteiger charge is -2.53. The summed E-state index contributed by atoms with van der Waals surface area (Å²) in [6.45, 7) is 3.74. The molecule has 1 aromatic carbocycles. The standard InChI is InChI=1S/C25H34N4O3/c30-23(14-18-5-2-1-3-6-18)26-21-9-11-27(12-10-21)25(32)28-15-19-13-20(17-28)22-7-4-8-24(31)29(22)16-19/h1-3,5-6,19-22H,4,7-17H2,(H,26,30)/t19?,20?,22-/m1/s1. The molecule has 172 valence electrons. The predicted molar refractivity (Wildman–Crippen MR) is 121 cm³/mol. The van der Waals surface area contributed by atoms with Gasteiger partial charge in [-0.3, -0.25) is 9.59 Å². The first-order valence-electron chi connectivity index (χ1n) is 12.2. The van der Waals surface area contributed by atoms with Gasteiger partial charge in [0, 0.05) is 51.2 Å². The molecular formula is C25H34N4O3. The topological polar surface area (TPSA) is 73.0 Å². The molecule has 0 aliphatic carbocycles. The molecular weight excluding hydrogens is 404 g/mol. The number of fused-ring (bicyclic) bond motifs is 4. The number of carbonyl (C=O) groups is 3. The third kappa shape index (κ3) is 4.48. The van der Waals surface area contributed by atoms with Crippen molar-refractivity contribution in [1.82, 2.24) is 20.0 Å². The van der Waals surface area contributed by atoms with Crippen LogP contribution in [-0.4, -0.2) is 77.4 Å². The van der Waals surface area contributed by atoms with Crippen LogP contribution in [0.15, 0.2) is 30.3 Å². The summed E-state index contributed by atoms with van der Waals surface area (Å²) in [5.41, 5.74) is 1.02. The van der Waals surface area contributed by atoms with Crippen LogP contribution in [0, 0.1) is 11.8 Å². The summed E-state index contributed by atoms with van der Waals surface area (Å²) in [7, 11) is 0. The van der Waals surface area contributed by atoms with E-state index in [2.05, 4.69) is 10.2 Å². The Labute approximate surface area is 190 Å². The quantitative estimate of drug-likeness (QED) is 0.787. The largest absolute Gasteiger partial charge is 0.353 e. The van der Waals surface area contributed by atoms with Crippen LogP contribution < -0.4 is 5.32 Å². The molecule has 4 saturated heterocycles. The number of benzene rings is 1. The number of urea groups is 1. The Morgan fingerprint density at radius 1 is 0.969 bits per heavy atom. The van der Waals surface area contributed by atoms with Crippen LogP contribution in [0.5, 0.6) is 0 Å². The third-order valence-corrected chi connectivity index (χ3v) is 7.79. The van der Waals surface area contributed by atoms with E-state index >= 15 is 0 Å². The predicted octanol–water partition coefficient (Wildman–Crippen LogP) is 2.26. The molecule has 4 amide bonds. The minimum absolute atomic E-state index is 0.0522. The molecule has 4 aliphatic rings. The second-order valence-electron chi connectivity index (χ2n) is 10.0. The van der Waals surface area contributed by atoms with Gasteiger partial charge >= 0.3 is 6.03 Å². The molecule has 2 bridgehead atoms. The zero-order valence-electron chi connectivity index (χ0n) is 18.7. The van der Waals surface area contributed by atoms with Crippen molar-refractivity contribution in [1.29, 1.82) is 0 Å². The summed E-state index contributed by atoms with van der Waals surface area (Å²) in [6, 6.07) is 10.4. The number of piperidine rings is 4. The molecule has 4 heterocycles. The average Bonchev–Trinajstić information content (AvgIpc) is 2.80. The SMILES string of the molecule is O=C(Cc1ccccc1)NC1CCN(C(=O)N2CC3CC(C2)[C@H]2CCCC(=O)N2C3)CC1. The highest BCUT2D eigenvalue weighted by atomic mass is 16.2. The first kappa shape index (κ1) is 21.3. The Hall–Kier alpha value is -2.57. The van der Waals surface area contributed by atoms with E-state index in [1.165, 1.54) is 0 Å². The van der Waals surface area contributed by atoms with E-state index in [-0.39, 0.29) is 18.0 Å². The summed E-state index contributed by atoms with van der Waals surface area (Å²) in [6.07, 6.45) is 5.91. The van der Waals surface area contributed by atoms with Crippen LogP contribution >= 0.6 is 0 Å². The molecule has 7 heteroatoms.